The van der Waals surface area contributed by atoms with Crippen LogP contribution in [0.2, 0.25) is 0 Å². The molecule has 3 aromatic heterocycles. The second kappa shape index (κ2) is 7.51. The van der Waals surface area contributed by atoms with E-state index >= 15 is 0 Å². The smallest absolute Gasteiger partial charge is 0.180 e. The first kappa shape index (κ1) is 21.1. The Hall–Kier alpha value is -3.17. The molecule has 31 heavy (non-hydrogen) atoms. The van der Waals surface area contributed by atoms with E-state index in [4.69, 9.17) is 0 Å². The van der Waals surface area contributed by atoms with Crippen LogP contribution in [0.4, 0.5) is 0 Å². The van der Waals surface area contributed by atoms with Gasteiger partial charge in [-0.15, -0.1) is 0 Å². The summed E-state index contributed by atoms with van der Waals surface area (Å²) < 4.78 is 25.8. The molecule has 4 aromatic rings. The third-order valence-corrected chi connectivity index (χ3v) is 6.19. The molecule has 0 fully saturated rings. The van der Waals surface area contributed by atoms with Crippen molar-refractivity contribution in [3.63, 3.8) is 0 Å². The van der Waals surface area contributed by atoms with Crippen LogP contribution in [-0.4, -0.2) is 44.5 Å². The molecule has 0 radical (unpaired) electrons. The highest BCUT2D eigenvalue weighted by atomic mass is 32.2. The quantitative estimate of drug-likeness (QED) is 0.510. The predicted molar refractivity (Wildman–Crippen MR) is 118 cm³/mol. The Labute approximate surface area is 180 Å². The number of nitrogens with zero attached hydrogens (tertiary/aromatic N) is 5. The summed E-state index contributed by atoms with van der Waals surface area (Å²) in [6.45, 7) is 6.02. The van der Waals surface area contributed by atoms with Crippen molar-refractivity contribution in [3.8, 4) is 22.8 Å². The molecule has 0 aliphatic rings. The normalized spacial score (nSPS) is 12.4. The lowest BCUT2D eigenvalue weighted by atomic mass is 9.98. The van der Waals surface area contributed by atoms with Crippen molar-refractivity contribution in [2.45, 2.75) is 37.8 Å². The van der Waals surface area contributed by atoms with Gasteiger partial charge in [0, 0.05) is 42.3 Å². The minimum Gasteiger partial charge on any atom is -0.386 e. The van der Waals surface area contributed by atoms with Crippen molar-refractivity contribution in [1.82, 2.24) is 24.7 Å². The van der Waals surface area contributed by atoms with Crippen LogP contribution in [-0.2, 0) is 22.0 Å². The lowest BCUT2D eigenvalue weighted by Gasteiger charge is -2.18. The zero-order valence-electron chi connectivity index (χ0n) is 17.7. The maximum Gasteiger partial charge on any atom is 0.180 e. The molecule has 160 valence electrons. The molecule has 4 rings (SSSR count). The Balaban J connectivity index is 1.79. The summed E-state index contributed by atoms with van der Waals surface area (Å²) >= 11 is 0. The Morgan fingerprint density at radius 2 is 1.77 bits per heavy atom. The van der Waals surface area contributed by atoms with Crippen LogP contribution in [0.3, 0.4) is 0 Å². The van der Waals surface area contributed by atoms with Gasteiger partial charge in [0.05, 0.1) is 21.7 Å². The third kappa shape index (κ3) is 4.06. The van der Waals surface area contributed by atoms with Gasteiger partial charge in [0.2, 0.25) is 0 Å². The monoisotopic (exact) mass is 437 g/mol. The van der Waals surface area contributed by atoms with Gasteiger partial charge in [-0.25, -0.2) is 18.4 Å². The van der Waals surface area contributed by atoms with Gasteiger partial charge in [0.15, 0.2) is 15.7 Å². The lowest BCUT2D eigenvalue weighted by Crippen LogP contribution is -2.15. The minimum absolute atomic E-state index is 0.223. The number of hydrogen-bond acceptors (Lipinski definition) is 7. The van der Waals surface area contributed by atoms with Gasteiger partial charge in [-0.3, -0.25) is 9.67 Å². The summed E-state index contributed by atoms with van der Waals surface area (Å²) in [5.74, 6) is 0.394. The zero-order chi connectivity index (χ0) is 22.4. The highest BCUT2D eigenvalue weighted by Gasteiger charge is 2.19. The van der Waals surface area contributed by atoms with Crippen molar-refractivity contribution in [3.05, 3.63) is 54.5 Å². The Morgan fingerprint density at radius 1 is 1.06 bits per heavy atom. The molecule has 0 atom stereocenters. The molecule has 0 unspecified atom stereocenters. The number of rotatable bonds is 5. The van der Waals surface area contributed by atoms with Crippen molar-refractivity contribution in [2.24, 2.45) is 0 Å². The Morgan fingerprint density at radius 3 is 2.39 bits per heavy atom. The second-order valence-corrected chi connectivity index (χ2v) is 9.92. The number of hydrogen-bond donors (Lipinski definition) is 1. The number of fused-ring (bicyclic) bond motifs is 1. The predicted octanol–water partition coefficient (Wildman–Crippen LogP) is 3.21. The molecule has 8 nitrogen and oxygen atoms in total. The van der Waals surface area contributed by atoms with E-state index in [2.05, 4.69) is 20.1 Å². The fourth-order valence-electron chi connectivity index (χ4n) is 3.35. The molecule has 3 heterocycles. The molecule has 0 aliphatic carbocycles. The highest BCUT2D eigenvalue weighted by Crippen LogP contribution is 2.29. The van der Waals surface area contributed by atoms with Gasteiger partial charge < -0.3 is 5.11 Å². The third-order valence-electron chi connectivity index (χ3n) is 5.08. The summed E-state index contributed by atoms with van der Waals surface area (Å²) in [6, 6.07) is 8.52. The van der Waals surface area contributed by atoms with Crippen LogP contribution in [0.1, 0.15) is 26.3 Å². The summed E-state index contributed by atoms with van der Waals surface area (Å²) in [4.78, 5) is 13.5. The van der Waals surface area contributed by atoms with E-state index in [-0.39, 0.29) is 4.90 Å². The van der Waals surface area contributed by atoms with Crippen LogP contribution < -0.4 is 0 Å². The van der Waals surface area contributed by atoms with Gasteiger partial charge in [0.1, 0.15) is 5.69 Å². The number of benzene rings is 1. The topological polar surface area (TPSA) is 111 Å². The minimum atomic E-state index is -3.36. The van der Waals surface area contributed by atoms with E-state index in [0.717, 1.165) is 11.1 Å². The molecule has 0 bridgehead atoms. The number of sulfone groups is 1. The SMILES string of the molecule is CCn1nc(-c2ncc(-c3cc(C(C)(C)O)ccn3)cn2)c2cc(S(C)(=O)=O)ccc21. The van der Waals surface area contributed by atoms with Gasteiger partial charge in [0.25, 0.3) is 0 Å². The standard InChI is InChI=1S/C22H23N5O3S/c1-5-27-19-7-6-16(31(4,29)30)11-17(19)20(26-27)21-24-12-14(13-25-21)18-10-15(8-9-23-18)22(2,3)28/h6-13,28H,5H2,1-4H3. The fraction of sp³-hybridized carbons (Fsp3) is 0.273. The Kier molecular flexibility index (Phi) is 5.10. The van der Waals surface area contributed by atoms with E-state index in [1.165, 1.54) is 6.26 Å². The lowest BCUT2D eigenvalue weighted by molar-refractivity contribution is 0.0785. The second-order valence-electron chi connectivity index (χ2n) is 7.90. The molecule has 0 saturated heterocycles. The summed E-state index contributed by atoms with van der Waals surface area (Å²) in [5.41, 5.74) is 2.44. The van der Waals surface area contributed by atoms with Gasteiger partial charge in [-0.2, -0.15) is 5.10 Å². The van der Waals surface area contributed by atoms with Crippen molar-refractivity contribution < 1.29 is 13.5 Å². The number of pyridine rings is 1. The van der Waals surface area contributed by atoms with E-state index in [0.29, 0.717) is 34.7 Å². The molecule has 1 aromatic carbocycles. The molecule has 0 amide bonds. The molecular formula is C22H23N5O3S. The van der Waals surface area contributed by atoms with Crippen molar-refractivity contribution in [1.29, 1.82) is 0 Å². The molecule has 0 aliphatic heterocycles. The Bertz CT molecular complexity index is 1370. The number of aromatic nitrogens is 5. The molecule has 1 N–H and O–H groups in total. The highest BCUT2D eigenvalue weighted by molar-refractivity contribution is 7.90. The molecule has 0 saturated carbocycles. The van der Waals surface area contributed by atoms with Crippen molar-refractivity contribution >= 4 is 20.7 Å². The maximum atomic E-state index is 12.0. The van der Waals surface area contributed by atoms with Crippen LogP contribution in [0.15, 0.2) is 53.8 Å². The van der Waals surface area contributed by atoms with Crippen LogP contribution in [0.5, 0.6) is 0 Å². The van der Waals surface area contributed by atoms with Crippen LogP contribution in [0, 0.1) is 0 Å². The largest absolute Gasteiger partial charge is 0.386 e. The average Bonchev–Trinajstić information content (AvgIpc) is 3.11. The van der Waals surface area contributed by atoms with Gasteiger partial charge >= 0.3 is 0 Å². The first-order valence-electron chi connectivity index (χ1n) is 9.80. The van der Waals surface area contributed by atoms with E-state index < -0.39 is 15.4 Å². The van der Waals surface area contributed by atoms with Gasteiger partial charge in [-0.1, -0.05) is 0 Å². The van der Waals surface area contributed by atoms with E-state index in [9.17, 15) is 13.5 Å². The zero-order valence-corrected chi connectivity index (χ0v) is 18.6. The number of aryl methyl sites for hydroxylation is 1. The fourth-order valence-corrected chi connectivity index (χ4v) is 3.99. The molecular weight excluding hydrogens is 414 g/mol. The number of aliphatic hydroxyl groups is 1. The summed E-state index contributed by atoms with van der Waals surface area (Å²) in [7, 11) is -3.36. The maximum absolute atomic E-state index is 12.0. The molecule has 0 spiro atoms. The van der Waals surface area contributed by atoms with E-state index in [1.54, 1.807) is 67.5 Å². The summed E-state index contributed by atoms with van der Waals surface area (Å²) in [5, 5.41) is 15.5. The van der Waals surface area contributed by atoms with Crippen LogP contribution >= 0.6 is 0 Å². The average molecular weight is 438 g/mol. The van der Waals surface area contributed by atoms with Gasteiger partial charge in [-0.05, 0) is 56.7 Å². The summed E-state index contributed by atoms with van der Waals surface area (Å²) in [6.07, 6.45) is 6.12. The molecule has 9 heteroatoms. The van der Waals surface area contributed by atoms with Crippen LogP contribution in [0.25, 0.3) is 33.7 Å². The van der Waals surface area contributed by atoms with Crippen molar-refractivity contribution in [2.75, 3.05) is 6.26 Å². The van der Waals surface area contributed by atoms with E-state index in [1.807, 2.05) is 6.92 Å². The first-order chi connectivity index (χ1) is 14.6. The first-order valence-corrected chi connectivity index (χ1v) is 11.7.